The maximum Gasteiger partial charge on any atom is 0.339 e. The Labute approximate surface area is 139 Å². The maximum atomic E-state index is 12.1. The van der Waals surface area contributed by atoms with Crippen LogP contribution in [-0.4, -0.2) is 27.1 Å². The minimum atomic E-state index is -1.26. The van der Waals surface area contributed by atoms with Crippen LogP contribution in [0.25, 0.3) is 6.08 Å². The zero-order chi connectivity index (χ0) is 16.3. The molecule has 112 valence electrons. The van der Waals surface area contributed by atoms with Crippen LogP contribution in [0.1, 0.15) is 26.3 Å². The second-order valence-electron chi connectivity index (χ2n) is 4.44. The Morgan fingerprint density at radius 3 is 2.27 bits per heavy atom. The number of hydrogen-bond donors (Lipinski definition) is 3. The summed E-state index contributed by atoms with van der Waals surface area (Å²) in [6.45, 7) is 0. The van der Waals surface area contributed by atoms with E-state index < -0.39 is 11.8 Å². The third kappa shape index (κ3) is 3.64. The quantitative estimate of drug-likeness (QED) is 0.409. The first kappa shape index (κ1) is 16.0. The minimum Gasteiger partial charge on any atom is -0.507 e. The minimum absolute atomic E-state index is 0.119. The van der Waals surface area contributed by atoms with Crippen molar-refractivity contribution in [3.05, 3.63) is 62.7 Å². The number of benzene rings is 2. The van der Waals surface area contributed by atoms with Crippen molar-refractivity contribution in [2.45, 2.75) is 0 Å². The molecule has 0 aliphatic heterocycles. The number of hydrogen-bond acceptors (Lipinski definition) is 4. The molecule has 0 amide bonds. The van der Waals surface area contributed by atoms with E-state index in [0.29, 0.717) is 5.56 Å². The number of rotatable bonds is 4. The van der Waals surface area contributed by atoms with Gasteiger partial charge in [0.25, 0.3) is 0 Å². The van der Waals surface area contributed by atoms with Crippen LogP contribution >= 0.6 is 22.6 Å². The molecule has 2 rings (SSSR count). The molecule has 3 N–H and O–H groups in total. The number of carbonyl (C=O) groups is 2. The Balaban J connectivity index is 2.28. The SMILES string of the molecule is O=C(O)c1cc(/C=C/C(=O)c2cc(I)ccc2O)ccc1O. The highest BCUT2D eigenvalue weighted by molar-refractivity contribution is 14.1. The van der Waals surface area contributed by atoms with Gasteiger partial charge in [0.2, 0.25) is 0 Å². The van der Waals surface area contributed by atoms with Crippen LogP contribution in [0.4, 0.5) is 0 Å². The number of aromatic hydroxyl groups is 2. The average Bonchev–Trinajstić information content (AvgIpc) is 2.48. The van der Waals surface area contributed by atoms with Crippen LogP contribution in [0.5, 0.6) is 11.5 Å². The number of ketones is 1. The highest BCUT2D eigenvalue weighted by Gasteiger charge is 2.11. The Kier molecular flexibility index (Phi) is 4.81. The molecular weight excluding hydrogens is 399 g/mol. The van der Waals surface area contributed by atoms with Crippen LogP contribution < -0.4 is 0 Å². The van der Waals surface area contributed by atoms with Crippen molar-refractivity contribution in [2.24, 2.45) is 0 Å². The van der Waals surface area contributed by atoms with Gasteiger partial charge < -0.3 is 15.3 Å². The molecule has 22 heavy (non-hydrogen) atoms. The predicted molar refractivity (Wildman–Crippen MR) is 89.3 cm³/mol. The van der Waals surface area contributed by atoms with Crippen molar-refractivity contribution in [1.29, 1.82) is 0 Å². The Bertz CT molecular complexity index is 780. The highest BCUT2D eigenvalue weighted by Crippen LogP contribution is 2.22. The van der Waals surface area contributed by atoms with E-state index in [0.717, 1.165) is 3.57 Å². The number of phenolic OH excluding ortho intramolecular Hbond substituents is 1. The molecule has 0 fully saturated rings. The Hall–Kier alpha value is -2.35. The molecular formula is C16H11IO5. The second-order valence-corrected chi connectivity index (χ2v) is 5.69. The number of phenols is 2. The van der Waals surface area contributed by atoms with E-state index in [-0.39, 0.29) is 22.6 Å². The molecule has 0 bridgehead atoms. The van der Waals surface area contributed by atoms with E-state index in [9.17, 15) is 19.8 Å². The molecule has 0 radical (unpaired) electrons. The van der Waals surface area contributed by atoms with Gasteiger partial charge in [-0.05, 0) is 64.6 Å². The number of halogens is 1. The van der Waals surface area contributed by atoms with Crippen molar-refractivity contribution in [2.75, 3.05) is 0 Å². The van der Waals surface area contributed by atoms with Gasteiger partial charge in [-0.3, -0.25) is 4.79 Å². The van der Waals surface area contributed by atoms with E-state index in [1.54, 1.807) is 12.1 Å². The summed E-state index contributed by atoms with van der Waals surface area (Å²) in [5, 5.41) is 28.0. The second kappa shape index (κ2) is 6.61. The van der Waals surface area contributed by atoms with Gasteiger partial charge in [0.05, 0.1) is 5.56 Å². The topological polar surface area (TPSA) is 94.8 Å². The smallest absolute Gasteiger partial charge is 0.339 e. The molecule has 0 saturated heterocycles. The predicted octanol–water partition coefficient (Wildman–Crippen LogP) is 3.30. The summed E-state index contributed by atoms with van der Waals surface area (Å²) in [5.74, 6) is -2.12. The van der Waals surface area contributed by atoms with Gasteiger partial charge in [-0.25, -0.2) is 4.79 Å². The van der Waals surface area contributed by atoms with Gasteiger partial charge in [0, 0.05) is 3.57 Å². The van der Waals surface area contributed by atoms with E-state index in [2.05, 4.69) is 0 Å². The van der Waals surface area contributed by atoms with Crippen molar-refractivity contribution in [3.63, 3.8) is 0 Å². The number of carboxylic acid groups (broad SMARTS) is 1. The first-order valence-electron chi connectivity index (χ1n) is 6.15. The first-order valence-corrected chi connectivity index (χ1v) is 7.23. The van der Waals surface area contributed by atoms with E-state index >= 15 is 0 Å². The average molecular weight is 410 g/mol. The standard InChI is InChI=1S/C16H11IO5/c17-10-3-6-14(19)11(8-10)13(18)4-1-9-2-5-15(20)12(7-9)16(21)22/h1-8,19-20H,(H,21,22)/b4-1+. The normalized spacial score (nSPS) is 10.8. The van der Waals surface area contributed by atoms with Crippen LogP contribution in [0.15, 0.2) is 42.5 Å². The zero-order valence-electron chi connectivity index (χ0n) is 11.2. The van der Waals surface area contributed by atoms with Gasteiger partial charge in [-0.1, -0.05) is 12.1 Å². The molecule has 0 heterocycles. The lowest BCUT2D eigenvalue weighted by Gasteiger charge is -2.02. The Morgan fingerprint density at radius 2 is 1.59 bits per heavy atom. The van der Waals surface area contributed by atoms with Crippen LogP contribution in [-0.2, 0) is 0 Å². The highest BCUT2D eigenvalue weighted by atomic mass is 127. The molecule has 0 aliphatic carbocycles. The summed E-state index contributed by atoms with van der Waals surface area (Å²) in [5.41, 5.74) is 0.376. The molecule has 0 spiro atoms. The molecule has 0 aromatic heterocycles. The fourth-order valence-electron chi connectivity index (χ4n) is 1.80. The van der Waals surface area contributed by atoms with Crippen LogP contribution in [0.3, 0.4) is 0 Å². The number of allylic oxidation sites excluding steroid dienone is 1. The van der Waals surface area contributed by atoms with Gasteiger partial charge in [-0.2, -0.15) is 0 Å². The molecule has 6 heteroatoms. The largest absolute Gasteiger partial charge is 0.507 e. The summed E-state index contributed by atoms with van der Waals surface area (Å²) in [6, 6.07) is 8.66. The fraction of sp³-hybridized carbons (Fsp3) is 0. The summed E-state index contributed by atoms with van der Waals surface area (Å²) in [7, 11) is 0. The molecule has 0 unspecified atom stereocenters. The van der Waals surface area contributed by atoms with E-state index in [1.165, 1.54) is 36.4 Å². The first-order chi connectivity index (χ1) is 10.4. The monoisotopic (exact) mass is 410 g/mol. The molecule has 2 aromatic rings. The van der Waals surface area contributed by atoms with Crippen LogP contribution in [0, 0.1) is 3.57 Å². The maximum absolute atomic E-state index is 12.1. The molecule has 0 atom stereocenters. The third-order valence-corrected chi connectivity index (χ3v) is 3.57. The molecule has 5 nitrogen and oxygen atoms in total. The van der Waals surface area contributed by atoms with Crippen molar-refractivity contribution in [1.82, 2.24) is 0 Å². The summed E-state index contributed by atoms with van der Waals surface area (Å²) in [6.07, 6.45) is 2.66. The summed E-state index contributed by atoms with van der Waals surface area (Å²) < 4.78 is 0.810. The lowest BCUT2D eigenvalue weighted by atomic mass is 10.1. The van der Waals surface area contributed by atoms with Crippen molar-refractivity contribution >= 4 is 40.4 Å². The number of aromatic carboxylic acids is 1. The number of carboxylic acids is 1. The number of carbonyl (C=O) groups excluding carboxylic acids is 1. The van der Waals surface area contributed by atoms with Crippen LogP contribution in [0.2, 0.25) is 0 Å². The molecule has 2 aromatic carbocycles. The molecule has 0 aliphatic rings. The van der Waals surface area contributed by atoms with Gasteiger partial charge in [-0.15, -0.1) is 0 Å². The van der Waals surface area contributed by atoms with Crippen molar-refractivity contribution < 1.29 is 24.9 Å². The zero-order valence-corrected chi connectivity index (χ0v) is 13.3. The third-order valence-electron chi connectivity index (χ3n) is 2.90. The Morgan fingerprint density at radius 1 is 0.955 bits per heavy atom. The molecule has 0 saturated carbocycles. The summed E-state index contributed by atoms with van der Waals surface area (Å²) >= 11 is 2.03. The van der Waals surface area contributed by atoms with Gasteiger partial charge >= 0.3 is 5.97 Å². The fourth-order valence-corrected chi connectivity index (χ4v) is 2.29. The lowest BCUT2D eigenvalue weighted by molar-refractivity contribution is 0.0693. The summed E-state index contributed by atoms with van der Waals surface area (Å²) in [4.78, 5) is 23.0. The lowest BCUT2D eigenvalue weighted by Crippen LogP contribution is -1.98. The van der Waals surface area contributed by atoms with Gasteiger partial charge in [0.15, 0.2) is 5.78 Å². The van der Waals surface area contributed by atoms with Gasteiger partial charge in [0.1, 0.15) is 17.1 Å². The van der Waals surface area contributed by atoms with E-state index in [1.807, 2.05) is 22.6 Å². The van der Waals surface area contributed by atoms with Crippen molar-refractivity contribution in [3.8, 4) is 11.5 Å². The van der Waals surface area contributed by atoms with E-state index in [4.69, 9.17) is 5.11 Å².